The molecule has 0 unspecified atom stereocenters. The Balaban J connectivity index is 1.49. The van der Waals surface area contributed by atoms with Gasteiger partial charge in [0.1, 0.15) is 5.82 Å². The third-order valence-corrected chi connectivity index (χ3v) is 3.81. The highest BCUT2D eigenvalue weighted by Gasteiger charge is 2.27. The van der Waals surface area contributed by atoms with Gasteiger partial charge in [-0.1, -0.05) is 0 Å². The van der Waals surface area contributed by atoms with Crippen LogP contribution in [0.25, 0.3) is 11.4 Å². The smallest absolute Gasteiger partial charge is 0.278 e. The van der Waals surface area contributed by atoms with Crippen LogP contribution in [0.1, 0.15) is 35.1 Å². The van der Waals surface area contributed by atoms with E-state index in [4.69, 9.17) is 5.73 Å². The molecule has 1 fully saturated rings. The van der Waals surface area contributed by atoms with Crippen molar-refractivity contribution in [2.24, 2.45) is 0 Å². The van der Waals surface area contributed by atoms with Crippen LogP contribution in [0.5, 0.6) is 0 Å². The predicted octanol–water partition coefficient (Wildman–Crippen LogP) is 1.97. The zero-order chi connectivity index (χ0) is 16.5. The molecule has 24 heavy (non-hydrogen) atoms. The molecule has 0 saturated heterocycles. The van der Waals surface area contributed by atoms with Gasteiger partial charge in [-0.15, -0.1) is 0 Å². The average Bonchev–Trinajstić information content (AvgIpc) is 3.33. The molecule has 4 N–H and O–H groups in total. The SMILES string of the molecule is Nc1nccnc1C(=O)Nc1ccc(-c2n[nH]c(C3CC3)n2)cc1. The molecule has 8 heteroatoms. The molecule has 2 aromatic heterocycles. The molecule has 1 aromatic carbocycles. The van der Waals surface area contributed by atoms with Crippen molar-refractivity contribution in [2.75, 3.05) is 11.1 Å². The fraction of sp³-hybridized carbons (Fsp3) is 0.188. The highest BCUT2D eigenvalue weighted by Crippen LogP contribution is 2.38. The van der Waals surface area contributed by atoms with Crippen LogP contribution in [-0.4, -0.2) is 31.1 Å². The second-order valence-electron chi connectivity index (χ2n) is 5.64. The topological polar surface area (TPSA) is 122 Å². The number of amides is 1. The van der Waals surface area contributed by atoms with Crippen LogP contribution < -0.4 is 11.1 Å². The van der Waals surface area contributed by atoms with Crippen molar-refractivity contribution in [1.29, 1.82) is 0 Å². The van der Waals surface area contributed by atoms with Crippen LogP contribution in [0.15, 0.2) is 36.7 Å². The molecule has 1 aliphatic rings. The minimum Gasteiger partial charge on any atom is -0.382 e. The van der Waals surface area contributed by atoms with Gasteiger partial charge in [-0.25, -0.2) is 15.0 Å². The monoisotopic (exact) mass is 321 g/mol. The second-order valence-corrected chi connectivity index (χ2v) is 5.64. The van der Waals surface area contributed by atoms with Gasteiger partial charge in [0.05, 0.1) is 0 Å². The largest absolute Gasteiger partial charge is 0.382 e. The first-order valence-electron chi connectivity index (χ1n) is 7.61. The van der Waals surface area contributed by atoms with Crippen molar-refractivity contribution in [1.82, 2.24) is 25.1 Å². The third kappa shape index (κ3) is 2.81. The first kappa shape index (κ1) is 14.3. The lowest BCUT2D eigenvalue weighted by molar-refractivity contribution is 0.102. The molecule has 4 rings (SSSR count). The number of aromatic nitrogens is 5. The Bertz CT molecular complexity index is 883. The van der Waals surface area contributed by atoms with Gasteiger partial charge in [-0.05, 0) is 37.1 Å². The van der Waals surface area contributed by atoms with E-state index in [1.807, 2.05) is 12.1 Å². The molecule has 0 aliphatic heterocycles. The van der Waals surface area contributed by atoms with Crippen LogP contribution in [0.4, 0.5) is 11.5 Å². The van der Waals surface area contributed by atoms with E-state index >= 15 is 0 Å². The van der Waals surface area contributed by atoms with Crippen LogP contribution in [0.3, 0.4) is 0 Å². The zero-order valence-electron chi connectivity index (χ0n) is 12.7. The van der Waals surface area contributed by atoms with Crippen molar-refractivity contribution in [3.05, 3.63) is 48.2 Å². The van der Waals surface area contributed by atoms with Crippen molar-refractivity contribution in [3.8, 4) is 11.4 Å². The van der Waals surface area contributed by atoms with Gasteiger partial charge in [-0.3, -0.25) is 9.89 Å². The van der Waals surface area contributed by atoms with Gasteiger partial charge >= 0.3 is 0 Å². The Labute approximate surface area is 137 Å². The normalized spacial score (nSPS) is 13.7. The summed E-state index contributed by atoms with van der Waals surface area (Å²) in [6, 6.07) is 7.28. The highest BCUT2D eigenvalue weighted by atomic mass is 16.1. The molecule has 3 aromatic rings. The zero-order valence-corrected chi connectivity index (χ0v) is 12.7. The minimum atomic E-state index is -0.401. The number of carbonyl (C=O) groups is 1. The lowest BCUT2D eigenvalue weighted by Gasteiger charge is -2.06. The van der Waals surface area contributed by atoms with E-state index < -0.39 is 5.91 Å². The number of H-pyrrole nitrogens is 1. The fourth-order valence-electron chi connectivity index (χ4n) is 2.36. The number of nitrogen functional groups attached to an aromatic ring is 1. The van der Waals surface area contributed by atoms with Crippen LogP contribution in [0.2, 0.25) is 0 Å². The summed E-state index contributed by atoms with van der Waals surface area (Å²) in [6.45, 7) is 0. The van der Waals surface area contributed by atoms with Gasteiger partial charge in [0.2, 0.25) is 0 Å². The van der Waals surface area contributed by atoms with Gasteiger partial charge in [-0.2, -0.15) is 5.10 Å². The molecule has 0 radical (unpaired) electrons. The molecule has 0 atom stereocenters. The summed E-state index contributed by atoms with van der Waals surface area (Å²) in [7, 11) is 0. The molecule has 0 spiro atoms. The van der Waals surface area contributed by atoms with Gasteiger partial charge in [0.25, 0.3) is 5.91 Å². The molecule has 2 heterocycles. The van der Waals surface area contributed by atoms with Gasteiger partial charge in [0.15, 0.2) is 17.3 Å². The lowest BCUT2D eigenvalue weighted by Crippen LogP contribution is -2.16. The van der Waals surface area contributed by atoms with E-state index in [2.05, 4.69) is 30.5 Å². The summed E-state index contributed by atoms with van der Waals surface area (Å²) in [5.74, 6) is 1.83. The number of rotatable bonds is 4. The molecule has 8 nitrogen and oxygen atoms in total. The van der Waals surface area contributed by atoms with Crippen molar-refractivity contribution in [3.63, 3.8) is 0 Å². The fourth-order valence-corrected chi connectivity index (χ4v) is 2.36. The Morgan fingerprint density at radius 2 is 1.92 bits per heavy atom. The summed E-state index contributed by atoms with van der Waals surface area (Å²) in [5, 5.41) is 9.96. The molecule has 1 aliphatic carbocycles. The molecule has 1 amide bonds. The average molecular weight is 321 g/mol. The summed E-state index contributed by atoms with van der Waals surface area (Å²) in [4.78, 5) is 24.4. The van der Waals surface area contributed by atoms with Crippen molar-refractivity contribution >= 4 is 17.4 Å². The lowest BCUT2D eigenvalue weighted by atomic mass is 10.2. The van der Waals surface area contributed by atoms with Crippen LogP contribution >= 0.6 is 0 Å². The van der Waals surface area contributed by atoms with Crippen molar-refractivity contribution < 1.29 is 4.79 Å². The molecule has 120 valence electrons. The molecular weight excluding hydrogens is 306 g/mol. The highest BCUT2D eigenvalue weighted by molar-refractivity contribution is 6.05. The van der Waals surface area contributed by atoms with E-state index in [0.29, 0.717) is 17.4 Å². The van der Waals surface area contributed by atoms with E-state index in [9.17, 15) is 4.79 Å². The predicted molar refractivity (Wildman–Crippen MR) is 88.2 cm³/mol. The first-order chi connectivity index (χ1) is 11.7. The summed E-state index contributed by atoms with van der Waals surface area (Å²) in [5.41, 5.74) is 7.27. The Kier molecular flexibility index (Phi) is 3.42. The second kappa shape index (κ2) is 5.73. The number of hydrogen-bond acceptors (Lipinski definition) is 6. The standard InChI is InChI=1S/C16H15N7O/c17-13-12(18-7-8-19-13)16(24)20-11-5-3-10(4-6-11)15-21-14(22-23-15)9-1-2-9/h3-9H,1-2H2,(H2,17,19)(H,20,24)(H,21,22,23). The number of nitrogens with zero attached hydrogens (tertiary/aromatic N) is 4. The first-order valence-corrected chi connectivity index (χ1v) is 7.61. The maximum absolute atomic E-state index is 12.2. The van der Waals surface area contributed by atoms with Gasteiger partial charge in [0, 0.05) is 29.6 Å². The summed E-state index contributed by atoms with van der Waals surface area (Å²) < 4.78 is 0. The molecule has 1 saturated carbocycles. The quantitative estimate of drug-likeness (QED) is 0.675. The Morgan fingerprint density at radius 1 is 1.17 bits per heavy atom. The van der Waals surface area contributed by atoms with E-state index in [1.54, 1.807) is 12.1 Å². The maximum Gasteiger partial charge on any atom is 0.278 e. The van der Waals surface area contributed by atoms with E-state index in [0.717, 1.165) is 11.4 Å². The number of aromatic amines is 1. The number of hydrogen-bond donors (Lipinski definition) is 3. The van der Waals surface area contributed by atoms with E-state index in [1.165, 1.54) is 25.2 Å². The van der Waals surface area contributed by atoms with Crippen molar-refractivity contribution in [2.45, 2.75) is 18.8 Å². The van der Waals surface area contributed by atoms with Crippen LogP contribution in [0, 0.1) is 0 Å². The number of carbonyl (C=O) groups excluding carboxylic acids is 1. The number of benzene rings is 1. The third-order valence-electron chi connectivity index (χ3n) is 3.81. The molecular formula is C16H15N7O. The van der Waals surface area contributed by atoms with Gasteiger partial charge < -0.3 is 11.1 Å². The molecule has 0 bridgehead atoms. The Hall–Kier alpha value is -3.29. The maximum atomic E-state index is 12.2. The van der Waals surface area contributed by atoms with E-state index in [-0.39, 0.29) is 11.5 Å². The number of anilines is 2. The van der Waals surface area contributed by atoms with Crippen LogP contribution in [-0.2, 0) is 0 Å². The summed E-state index contributed by atoms with van der Waals surface area (Å²) >= 11 is 0. The summed E-state index contributed by atoms with van der Waals surface area (Å²) in [6.07, 6.45) is 5.21. The number of nitrogens with two attached hydrogens (primary N) is 1. The number of nitrogens with one attached hydrogen (secondary N) is 2. The Morgan fingerprint density at radius 3 is 2.62 bits per heavy atom. The minimum absolute atomic E-state index is 0.0972.